The first-order valence-corrected chi connectivity index (χ1v) is 7.49. The highest BCUT2D eigenvalue weighted by atomic mass is 16.2. The molecule has 2 amide bonds. The van der Waals surface area contributed by atoms with Crippen LogP contribution in [0.5, 0.6) is 0 Å². The van der Waals surface area contributed by atoms with Gasteiger partial charge in [-0.2, -0.15) is 0 Å². The molecule has 0 unspecified atom stereocenters. The number of carbonyl (C=O) groups is 2. The zero-order valence-electron chi connectivity index (χ0n) is 11.9. The van der Waals surface area contributed by atoms with Gasteiger partial charge in [0.05, 0.1) is 0 Å². The minimum atomic E-state index is 0.194. The van der Waals surface area contributed by atoms with Crippen molar-refractivity contribution in [2.75, 3.05) is 39.3 Å². The maximum Gasteiger partial charge on any atom is 0.225 e. The number of piperazine rings is 1. The predicted molar refractivity (Wildman–Crippen MR) is 73.7 cm³/mol. The summed E-state index contributed by atoms with van der Waals surface area (Å²) in [5.74, 6) is 0.722. The highest BCUT2D eigenvalue weighted by Crippen LogP contribution is 2.16. The van der Waals surface area contributed by atoms with Crippen LogP contribution in [0.15, 0.2) is 0 Å². The van der Waals surface area contributed by atoms with Gasteiger partial charge < -0.3 is 15.1 Å². The van der Waals surface area contributed by atoms with Crippen LogP contribution >= 0.6 is 0 Å². The zero-order chi connectivity index (χ0) is 13.7. The molecule has 0 aromatic rings. The molecule has 2 saturated heterocycles. The number of hydrogen-bond acceptors (Lipinski definition) is 3. The summed E-state index contributed by atoms with van der Waals surface area (Å²) in [4.78, 5) is 28.0. The Morgan fingerprint density at radius 2 is 1.63 bits per heavy atom. The maximum absolute atomic E-state index is 12.4. The smallest absolute Gasteiger partial charge is 0.225 e. The van der Waals surface area contributed by atoms with Crippen molar-refractivity contribution in [1.82, 2.24) is 15.1 Å². The second-order valence-corrected chi connectivity index (χ2v) is 5.48. The van der Waals surface area contributed by atoms with Crippen molar-refractivity contribution in [3.8, 4) is 0 Å². The fourth-order valence-electron chi connectivity index (χ4n) is 2.88. The number of nitrogens with zero attached hydrogens (tertiary/aromatic N) is 2. The number of nitrogens with one attached hydrogen (secondary N) is 1. The molecule has 5 heteroatoms. The third-order valence-electron chi connectivity index (χ3n) is 4.10. The van der Waals surface area contributed by atoms with Gasteiger partial charge in [0.25, 0.3) is 0 Å². The minimum Gasteiger partial charge on any atom is -0.339 e. The normalized spacial score (nSPS) is 21.5. The highest BCUT2D eigenvalue weighted by molar-refractivity contribution is 5.80. The van der Waals surface area contributed by atoms with Gasteiger partial charge in [-0.05, 0) is 32.4 Å². The molecule has 0 aromatic carbocycles. The third-order valence-corrected chi connectivity index (χ3v) is 4.10. The molecule has 0 saturated carbocycles. The molecule has 0 atom stereocenters. The quantitative estimate of drug-likeness (QED) is 0.808. The summed E-state index contributed by atoms with van der Waals surface area (Å²) in [7, 11) is 0. The van der Waals surface area contributed by atoms with E-state index in [-0.39, 0.29) is 11.8 Å². The first-order valence-electron chi connectivity index (χ1n) is 7.49. The molecule has 2 aliphatic heterocycles. The molecule has 0 bridgehead atoms. The third kappa shape index (κ3) is 3.69. The number of carbonyl (C=O) groups excluding carboxylic acids is 2. The van der Waals surface area contributed by atoms with Crippen LogP contribution in [0.2, 0.25) is 0 Å². The lowest BCUT2D eigenvalue weighted by Crippen LogP contribution is -2.52. The summed E-state index contributed by atoms with van der Waals surface area (Å²) in [5.41, 5.74) is 0. The highest BCUT2D eigenvalue weighted by Gasteiger charge is 2.29. The number of amides is 2. The number of rotatable bonds is 3. The summed E-state index contributed by atoms with van der Waals surface area (Å²) in [6, 6.07) is 0. The summed E-state index contributed by atoms with van der Waals surface area (Å²) < 4.78 is 0. The average molecular weight is 267 g/mol. The molecule has 0 radical (unpaired) electrons. The van der Waals surface area contributed by atoms with Gasteiger partial charge in [-0.3, -0.25) is 9.59 Å². The molecule has 2 heterocycles. The van der Waals surface area contributed by atoms with Crippen LogP contribution < -0.4 is 5.32 Å². The van der Waals surface area contributed by atoms with Gasteiger partial charge in [0, 0.05) is 38.5 Å². The van der Waals surface area contributed by atoms with E-state index in [0.29, 0.717) is 38.5 Å². The largest absolute Gasteiger partial charge is 0.339 e. The van der Waals surface area contributed by atoms with Crippen molar-refractivity contribution in [1.29, 1.82) is 0 Å². The zero-order valence-corrected chi connectivity index (χ0v) is 11.9. The van der Waals surface area contributed by atoms with Crippen molar-refractivity contribution in [3.05, 3.63) is 0 Å². The molecule has 1 N–H and O–H groups in total. The van der Waals surface area contributed by atoms with E-state index < -0.39 is 0 Å². The van der Waals surface area contributed by atoms with E-state index >= 15 is 0 Å². The van der Waals surface area contributed by atoms with Crippen LogP contribution in [0.1, 0.15) is 32.6 Å². The Balaban J connectivity index is 1.79. The van der Waals surface area contributed by atoms with Crippen molar-refractivity contribution < 1.29 is 9.59 Å². The van der Waals surface area contributed by atoms with Crippen molar-refractivity contribution in [2.45, 2.75) is 32.6 Å². The first kappa shape index (κ1) is 14.3. The Morgan fingerprint density at radius 3 is 2.21 bits per heavy atom. The van der Waals surface area contributed by atoms with Crippen molar-refractivity contribution in [2.24, 2.45) is 5.92 Å². The first-order chi connectivity index (χ1) is 9.22. The molecule has 0 spiro atoms. The molecule has 2 aliphatic rings. The van der Waals surface area contributed by atoms with Gasteiger partial charge in [0.15, 0.2) is 0 Å². The Labute approximate surface area is 115 Å². The van der Waals surface area contributed by atoms with Crippen LogP contribution in [0.25, 0.3) is 0 Å². The van der Waals surface area contributed by atoms with Crippen LogP contribution in [0.4, 0.5) is 0 Å². The summed E-state index contributed by atoms with van der Waals surface area (Å²) >= 11 is 0. The van der Waals surface area contributed by atoms with Gasteiger partial charge in [-0.25, -0.2) is 0 Å². The van der Waals surface area contributed by atoms with Gasteiger partial charge in [-0.1, -0.05) is 6.92 Å². The van der Waals surface area contributed by atoms with E-state index in [9.17, 15) is 9.59 Å². The van der Waals surface area contributed by atoms with Gasteiger partial charge >= 0.3 is 0 Å². The molecule has 19 heavy (non-hydrogen) atoms. The van der Waals surface area contributed by atoms with Gasteiger partial charge in [0.1, 0.15) is 0 Å². The van der Waals surface area contributed by atoms with Gasteiger partial charge in [0.2, 0.25) is 11.8 Å². The van der Waals surface area contributed by atoms with Crippen LogP contribution in [-0.4, -0.2) is 60.9 Å². The van der Waals surface area contributed by atoms with Crippen molar-refractivity contribution in [3.63, 3.8) is 0 Å². The Bertz CT molecular complexity index is 319. The van der Waals surface area contributed by atoms with Gasteiger partial charge in [-0.15, -0.1) is 0 Å². The predicted octanol–water partition coefficient (Wildman–Crippen LogP) is 0.457. The van der Waals surface area contributed by atoms with E-state index in [1.807, 2.05) is 16.7 Å². The Morgan fingerprint density at radius 1 is 1.05 bits per heavy atom. The molecule has 108 valence electrons. The van der Waals surface area contributed by atoms with E-state index in [0.717, 1.165) is 32.4 Å². The monoisotopic (exact) mass is 267 g/mol. The lowest BCUT2D eigenvalue weighted by molar-refractivity contribution is -0.142. The number of hydrogen-bond donors (Lipinski definition) is 1. The lowest BCUT2D eigenvalue weighted by atomic mass is 9.96. The average Bonchev–Trinajstić information content (AvgIpc) is 2.48. The molecule has 2 rings (SSSR count). The second-order valence-electron chi connectivity index (χ2n) is 5.48. The summed E-state index contributed by atoms with van der Waals surface area (Å²) in [6.45, 7) is 6.74. The van der Waals surface area contributed by atoms with Crippen molar-refractivity contribution >= 4 is 11.8 Å². The van der Waals surface area contributed by atoms with E-state index in [2.05, 4.69) is 5.32 Å². The fourth-order valence-corrected chi connectivity index (χ4v) is 2.88. The topological polar surface area (TPSA) is 52.7 Å². The molecule has 5 nitrogen and oxygen atoms in total. The van der Waals surface area contributed by atoms with E-state index in [1.54, 1.807) is 0 Å². The van der Waals surface area contributed by atoms with E-state index in [1.165, 1.54) is 0 Å². The Hall–Kier alpha value is -1.10. The SMILES string of the molecule is CCCC(=O)N1CCN(C(=O)C2CCNCC2)CC1. The van der Waals surface area contributed by atoms with E-state index in [4.69, 9.17) is 0 Å². The van der Waals surface area contributed by atoms with Crippen LogP contribution in [0, 0.1) is 5.92 Å². The summed E-state index contributed by atoms with van der Waals surface area (Å²) in [5, 5.41) is 3.28. The second kappa shape index (κ2) is 6.89. The molecule has 2 fully saturated rings. The standard InChI is InChI=1S/C14H25N3O2/c1-2-3-13(18)16-8-10-17(11-9-16)14(19)12-4-6-15-7-5-12/h12,15H,2-11H2,1H3. The molecular weight excluding hydrogens is 242 g/mol. The van der Waals surface area contributed by atoms with Crippen LogP contribution in [0.3, 0.4) is 0 Å². The number of piperidine rings is 1. The molecular formula is C14H25N3O2. The lowest BCUT2D eigenvalue weighted by Gasteiger charge is -2.37. The molecule has 0 aromatic heterocycles. The maximum atomic E-state index is 12.4. The molecule has 0 aliphatic carbocycles. The minimum absolute atomic E-state index is 0.194. The van der Waals surface area contributed by atoms with Crippen LogP contribution in [-0.2, 0) is 9.59 Å². The summed E-state index contributed by atoms with van der Waals surface area (Å²) in [6.07, 6.45) is 3.43. The fraction of sp³-hybridized carbons (Fsp3) is 0.857. The Kier molecular flexibility index (Phi) is 5.19.